The fourth-order valence-corrected chi connectivity index (χ4v) is 1.52. The lowest BCUT2D eigenvalue weighted by atomic mass is 10.0. The molecule has 1 heterocycles. The lowest BCUT2D eigenvalue weighted by molar-refractivity contribution is -0.385. The van der Waals surface area contributed by atoms with E-state index in [1.54, 1.807) is 30.4 Å². The van der Waals surface area contributed by atoms with E-state index in [1.807, 2.05) is 0 Å². The molecule has 0 bridgehead atoms. The van der Waals surface area contributed by atoms with Gasteiger partial charge >= 0.3 is 0 Å². The van der Waals surface area contributed by atoms with E-state index in [-0.39, 0.29) is 17.6 Å². The summed E-state index contributed by atoms with van der Waals surface area (Å²) in [7, 11) is 0. The Morgan fingerprint density at radius 3 is 2.75 bits per heavy atom. The van der Waals surface area contributed by atoms with Crippen LogP contribution in [0, 0.1) is 10.1 Å². The van der Waals surface area contributed by atoms with Crippen LogP contribution in [0.2, 0.25) is 0 Å². The van der Waals surface area contributed by atoms with E-state index in [4.69, 9.17) is 0 Å². The zero-order valence-corrected chi connectivity index (χ0v) is 8.42. The van der Waals surface area contributed by atoms with E-state index in [2.05, 4.69) is 5.32 Å². The summed E-state index contributed by atoms with van der Waals surface area (Å²) in [6.45, 7) is 0. The third kappa shape index (κ3) is 2.08. The van der Waals surface area contributed by atoms with Gasteiger partial charge in [-0.2, -0.15) is 0 Å². The second kappa shape index (κ2) is 4.14. The molecule has 5 nitrogen and oxygen atoms in total. The van der Waals surface area contributed by atoms with Crippen LogP contribution in [0.1, 0.15) is 12.0 Å². The fourth-order valence-electron chi connectivity index (χ4n) is 1.52. The lowest BCUT2D eigenvalue weighted by Crippen LogP contribution is -2.46. The standard InChI is InChI=1S/C11H10N2O3/c14-11-7-9(12-11)6-5-8-3-1-2-4-10(8)13(15)16/h1-6,9H,7H2,(H,12,14). The maximum Gasteiger partial charge on any atom is 0.276 e. The molecule has 2 rings (SSSR count). The number of benzene rings is 1. The molecule has 16 heavy (non-hydrogen) atoms. The normalized spacial score (nSPS) is 19.2. The summed E-state index contributed by atoms with van der Waals surface area (Å²) < 4.78 is 0. The molecule has 0 radical (unpaired) electrons. The van der Waals surface area contributed by atoms with E-state index >= 15 is 0 Å². The molecular weight excluding hydrogens is 208 g/mol. The molecule has 1 aliphatic rings. The van der Waals surface area contributed by atoms with Gasteiger partial charge in [0.25, 0.3) is 5.69 Å². The summed E-state index contributed by atoms with van der Waals surface area (Å²) in [6, 6.07) is 6.51. The van der Waals surface area contributed by atoms with Crippen LogP contribution in [0.4, 0.5) is 5.69 Å². The molecule has 1 aromatic rings. The Hall–Kier alpha value is -2.17. The third-order valence-electron chi connectivity index (χ3n) is 2.39. The van der Waals surface area contributed by atoms with Gasteiger partial charge in [0, 0.05) is 6.07 Å². The minimum absolute atomic E-state index is 0.00677. The van der Waals surface area contributed by atoms with Crippen molar-refractivity contribution in [2.75, 3.05) is 0 Å². The molecule has 1 N–H and O–H groups in total. The highest BCUT2D eigenvalue weighted by Crippen LogP contribution is 2.20. The summed E-state index contributed by atoms with van der Waals surface area (Å²) >= 11 is 0. The number of amides is 1. The molecule has 1 aromatic carbocycles. The van der Waals surface area contributed by atoms with Gasteiger partial charge in [0.15, 0.2) is 0 Å². The van der Waals surface area contributed by atoms with Crippen molar-refractivity contribution in [1.29, 1.82) is 0 Å². The highest BCUT2D eigenvalue weighted by atomic mass is 16.6. The number of β-lactam (4-membered cyclic amide) rings is 1. The van der Waals surface area contributed by atoms with Gasteiger partial charge in [-0.25, -0.2) is 0 Å². The Balaban J connectivity index is 2.14. The van der Waals surface area contributed by atoms with Gasteiger partial charge in [-0.05, 0) is 6.07 Å². The van der Waals surface area contributed by atoms with Gasteiger partial charge in [0.1, 0.15) is 0 Å². The van der Waals surface area contributed by atoms with Crippen molar-refractivity contribution < 1.29 is 9.72 Å². The number of hydrogen-bond acceptors (Lipinski definition) is 3. The van der Waals surface area contributed by atoms with Gasteiger partial charge in [-0.15, -0.1) is 0 Å². The number of nitrogens with one attached hydrogen (secondary N) is 1. The SMILES string of the molecule is O=C1CC(C=Cc2ccccc2[N+](=O)[O-])N1. The van der Waals surface area contributed by atoms with Crippen LogP contribution in [-0.2, 0) is 4.79 Å². The smallest absolute Gasteiger partial charge is 0.276 e. The molecule has 0 spiro atoms. The Morgan fingerprint density at radius 2 is 2.12 bits per heavy atom. The first-order valence-corrected chi connectivity index (χ1v) is 4.88. The summed E-state index contributed by atoms with van der Waals surface area (Å²) in [5, 5.41) is 13.4. The number of nitro benzene ring substituents is 1. The maximum absolute atomic E-state index is 10.7. The van der Waals surface area contributed by atoms with Gasteiger partial charge in [0.05, 0.1) is 22.9 Å². The zero-order chi connectivity index (χ0) is 11.5. The molecule has 1 unspecified atom stereocenters. The van der Waals surface area contributed by atoms with Gasteiger partial charge in [-0.3, -0.25) is 14.9 Å². The van der Waals surface area contributed by atoms with Crippen molar-refractivity contribution in [1.82, 2.24) is 5.32 Å². The number of carbonyl (C=O) groups excluding carboxylic acids is 1. The maximum atomic E-state index is 10.7. The van der Waals surface area contributed by atoms with Crippen LogP contribution in [0.3, 0.4) is 0 Å². The zero-order valence-electron chi connectivity index (χ0n) is 8.42. The molecule has 5 heteroatoms. The van der Waals surface area contributed by atoms with E-state index < -0.39 is 4.92 Å². The molecule has 0 aliphatic carbocycles. The Kier molecular flexibility index (Phi) is 2.68. The Labute approximate surface area is 91.9 Å². The minimum Gasteiger partial charge on any atom is -0.349 e. The van der Waals surface area contributed by atoms with Crippen LogP contribution >= 0.6 is 0 Å². The molecule has 1 atom stereocenters. The highest BCUT2D eigenvalue weighted by molar-refractivity contribution is 5.84. The predicted octanol–water partition coefficient (Wildman–Crippen LogP) is 1.50. The van der Waals surface area contributed by atoms with Crippen molar-refractivity contribution in [2.45, 2.75) is 12.5 Å². The van der Waals surface area contributed by atoms with E-state index in [0.717, 1.165) is 0 Å². The fraction of sp³-hybridized carbons (Fsp3) is 0.182. The summed E-state index contributed by atoms with van der Waals surface area (Å²) in [4.78, 5) is 20.9. The van der Waals surface area contributed by atoms with Crippen molar-refractivity contribution in [3.05, 3.63) is 46.0 Å². The van der Waals surface area contributed by atoms with E-state index in [9.17, 15) is 14.9 Å². The Morgan fingerprint density at radius 1 is 1.44 bits per heavy atom. The third-order valence-corrected chi connectivity index (χ3v) is 2.39. The first-order valence-electron chi connectivity index (χ1n) is 4.88. The average Bonchev–Trinajstić information content (AvgIpc) is 2.23. The van der Waals surface area contributed by atoms with Crippen molar-refractivity contribution in [3.8, 4) is 0 Å². The highest BCUT2D eigenvalue weighted by Gasteiger charge is 2.22. The second-order valence-electron chi connectivity index (χ2n) is 3.55. The Bertz CT molecular complexity index is 460. The molecular formula is C11H10N2O3. The minimum atomic E-state index is -0.418. The predicted molar refractivity (Wildman–Crippen MR) is 58.7 cm³/mol. The molecule has 0 saturated carbocycles. The summed E-state index contributed by atoms with van der Waals surface area (Å²) in [6.07, 6.45) is 3.89. The van der Waals surface area contributed by atoms with Crippen LogP contribution in [0.25, 0.3) is 6.08 Å². The number of para-hydroxylation sites is 1. The number of carbonyl (C=O) groups is 1. The molecule has 1 amide bonds. The summed E-state index contributed by atoms with van der Waals surface area (Å²) in [5.41, 5.74) is 0.623. The van der Waals surface area contributed by atoms with Gasteiger partial charge < -0.3 is 5.32 Å². The van der Waals surface area contributed by atoms with Gasteiger partial charge in [-0.1, -0.05) is 24.3 Å². The largest absolute Gasteiger partial charge is 0.349 e. The average molecular weight is 218 g/mol. The van der Waals surface area contributed by atoms with E-state index in [0.29, 0.717) is 12.0 Å². The molecule has 0 aromatic heterocycles. The van der Waals surface area contributed by atoms with Crippen LogP contribution in [0.15, 0.2) is 30.3 Å². The lowest BCUT2D eigenvalue weighted by Gasteiger charge is -2.23. The number of rotatable bonds is 3. The van der Waals surface area contributed by atoms with Gasteiger partial charge in [0.2, 0.25) is 5.91 Å². The van der Waals surface area contributed by atoms with Crippen LogP contribution in [0.5, 0.6) is 0 Å². The second-order valence-corrected chi connectivity index (χ2v) is 3.55. The van der Waals surface area contributed by atoms with E-state index in [1.165, 1.54) is 6.07 Å². The van der Waals surface area contributed by atoms with Crippen molar-refractivity contribution in [3.63, 3.8) is 0 Å². The molecule has 1 saturated heterocycles. The molecule has 82 valence electrons. The van der Waals surface area contributed by atoms with Crippen LogP contribution < -0.4 is 5.32 Å². The number of nitrogens with zero attached hydrogens (tertiary/aromatic N) is 1. The molecule has 1 aliphatic heterocycles. The first kappa shape index (κ1) is 10.4. The van der Waals surface area contributed by atoms with Crippen LogP contribution in [-0.4, -0.2) is 16.9 Å². The van der Waals surface area contributed by atoms with Crippen molar-refractivity contribution in [2.24, 2.45) is 0 Å². The topological polar surface area (TPSA) is 72.2 Å². The first-order chi connectivity index (χ1) is 7.66. The monoisotopic (exact) mass is 218 g/mol. The number of nitro groups is 1. The number of hydrogen-bond donors (Lipinski definition) is 1. The molecule has 1 fully saturated rings. The summed E-state index contributed by atoms with van der Waals surface area (Å²) in [5.74, 6) is 0.0113. The van der Waals surface area contributed by atoms with Crippen molar-refractivity contribution >= 4 is 17.7 Å². The quantitative estimate of drug-likeness (QED) is 0.474.